The number of H-pyrrole nitrogens is 1. The molecule has 0 fully saturated rings. The van der Waals surface area contributed by atoms with Gasteiger partial charge >= 0.3 is 0 Å². The molecule has 0 radical (unpaired) electrons. The summed E-state index contributed by atoms with van der Waals surface area (Å²) in [6.45, 7) is 9.47. The van der Waals surface area contributed by atoms with Crippen molar-refractivity contribution in [2.45, 2.75) is 47.1 Å². The van der Waals surface area contributed by atoms with Crippen LogP contribution >= 0.6 is 23.6 Å². The van der Waals surface area contributed by atoms with E-state index >= 15 is 0 Å². The van der Waals surface area contributed by atoms with Gasteiger partial charge in [0.2, 0.25) is 0 Å². The number of thiazole rings is 1. The maximum atomic E-state index is 13.0. The fourth-order valence-electron chi connectivity index (χ4n) is 2.79. The number of aromatic nitrogens is 1. The summed E-state index contributed by atoms with van der Waals surface area (Å²) in [6.07, 6.45) is 0.182. The number of carbonyl (C=O) groups excluding carboxylic acids is 2. The quantitative estimate of drug-likeness (QED) is 0.586. The summed E-state index contributed by atoms with van der Waals surface area (Å²) < 4.78 is 1.59. The molecule has 1 atom stereocenters. The van der Waals surface area contributed by atoms with Crippen LogP contribution in [0, 0.1) is 26.6 Å². The zero-order valence-electron chi connectivity index (χ0n) is 15.6. The smallest absolute Gasteiger partial charge is 0.252 e. The summed E-state index contributed by atoms with van der Waals surface area (Å²) in [5, 5.41) is 9.48. The first-order valence-corrected chi connectivity index (χ1v) is 9.64. The molecule has 0 aliphatic heterocycles. The Balaban J connectivity index is 2.40. The molecule has 2 aromatic rings. The molecular formula is C19H23N3O2S2. The van der Waals surface area contributed by atoms with E-state index in [0.717, 1.165) is 10.2 Å². The van der Waals surface area contributed by atoms with Gasteiger partial charge in [0, 0.05) is 18.2 Å². The van der Waals surface area contributed by atoms with Gasteiger partial charge in [-0.05, 0) is 49.7 Å². The molecule has 1 unspecified atom stereocenters. The summed E-state index contributed by atoms with van der Waals surface area (Å²) in [7, 11) is 0. The minimum absolute atomic E-state index is 0.182. The second-order valence-electron chi connectivity index (χ2n) is 7.76. The number of rotatable bonds is 5. The summed E-state index contributed by atoms with van der Waals surface area (Å²) in [5.74, 6) is -2.11. The highest BCUT2D eigenvalue weighted by molar-refractivity contribution is 7.73. The van der Waals surface area contributed by atoms with Gasteiger partial charge in [0.25, 0.3) is 5.91 Å². The monoisotopic (exact) mass is 389 g/mol. The van der Waals surface area contributed by atoms with Crippen molar-refractivity contribution in [1.82, 2.24) is 4.98 Å². The lowest BCUT2D eigenvalue weighted by Crippen LogP contribution is -2.43. The lowest BCUT2D eigenvalue weighted by atomic mass is 9.85. The van der Waals surface area contributed by atoms with E-state index in [2.05, 4.69) is 4.98 Å². The van der Waals surface area contributed by atoms with E-state index in [1.807, 2.05) is 52.8 Å². The highest BCUT2D eigenvalue weighted by atomic mass is 32.1. The van der Waals surface area contributed by atoms with Crippen LogP contribution in [-0.2, 0) is 9.59 Å². The van der Waals surface area contributed by atoms with E-state index in [9.17, 15) is 14.9 Å². The first-order chi connectivity index (χ1) is 12.0. The van der Waals surface area contributed by atoms with Gasteiger partial charge in [-0.3, -0.25) is 9.59 Å². The van der Waals surface area contributed by atoms with Crippen LogP contribution in [0.25, 0.3) is 10.2 Å². The van der Waals surface area contributed by atoms with Gasteiger partial charge in [-0.15, -0.1) is 11.3 Å². The largest absolute Gasteiger partial charge is 0.337 e. The summed E-state index contributed by atoms with van der Waals surface area (Å²) in [6, 6.07) is 7.25. The first kappa shape index (κ1) is 20.3. The molecule has 138 valence electrons. The minimum Gasteiger partial charge on any atom is -0.337 e. The number of fused-ring (bicyclic) bond motifs is 1. The van der Waals surface area contributed by atoms with Crippen molar-refractivity contribution < 1.29 is 9.59 Å². The molecule has 1 amide bonds. The van der Waals surface area contributed by atoms with Gasteiger partial charge in [0.05, 0.1) is 16.3 Å². The molecule has 1 N–H and O–H groups in total. The van der Waals surface area contributed by atoms with Gasteiger partial charge in [-0.25, -0.2) is 0 Å². The molecule has 0 spiro atoms. The van der Waals surface area contributed by atoms with Crippen molar-refractivity contribution in [3.05, 3.63) is 22.2 Å². The fraction of sp³-hybridized carbons (Fsp3) is 0.474. The van der Waals surface area contributed by atoms with Crippen molar-refractivity contribution in [3.63, 3.8) is 0 Å². The predicted octanol–water partition coefficient (Wildman–Crippen LogP) is 4.85. The fourth-order valence-corrected chi connectivity index (χ4v) is 3.94. The normalized spacial score (nSPS) is 12.8. The van der Waals surface area contributed by atoms with Crippen LogP contribution in [0.4, 0.5) is 5.69 Å². The third-order valence-corrected chi connectivity index (χ3v) is 5.04. The Labute approximate surface area is 162 Å². The van der Waals surface area contributed by atoms with Crippen LogP contribution in [0.15, 0.2) is 18.2 Å². The average Bonchev–Trinajstić information content (AvgIpc) is 2.85. The number of carbonyl (C=O) groups is 2. The van der Waals surface area contributed by atoms with E-state index < -0.39 is 11.8 Å². The van der Waals surface area contributed by atoms with Gasteiger partial charge in [0.1, 0.15) is 0 Å². The molecule has 5 nitrogen and oxygen atoms in total. The summed E-state index contributed by atoms with van der Waals surface area (Å²) in [4.78, 5) is 30.2. The molecule has 26 heavy (non-hydrogen) atoms. The molecule has 1 aromatic carbocycles. The molecule has 0 aliphatic carbocycles. The molecule has 0 saturated carbocycles. The standard InChI is InChI=1S/C19H23N3O2S2/c1-11(2)22(12-6-7-14-16(8-12)26-18(25)21-14)17(24)13(10-20)15(23)9-19(3,4)5/h6-8,11,13H,9H2,1-5H3,(H,21,25). The molecular weight excluding hydrogens is 366 g/mol. The lowest BCUT2D eigenvalue weighted by molar-refractivity contribution is -0.131. The molecule has 7 heteroatoms. The van der Waals surface area contributed by atoms with Gasteiger partial charge in [0.15, 0.2) is 15.7 Å². The highest BCUT2D eigenvalue weighted by Crippen LogP contribution is 2.29. The SMILES string of the molecule is CC(C)N(C(=O)C(C#N)C(=O)CC(C)(C)C)c1ccc2[nH]c(=S)sc2c1. The first-order valence-electron chi connectivity index (χ1n) is 8.42. The van der Waals surface area contributed by atoms with Crippen LogP contribution in [0.2, 0.25) is 0 Å². The molecule has 0 aliphatic rings. The number of anilines is 1. The third kappa shape index (κ3) is 4.57. The number of nitrogens with zero attached hydrogens (tertiary/aromatic N) is 2. The highest BCUT2D eigenvalue weighted by Gasteiger charge is 2.34. The number of aromatic amines is 1. The molecule has 2 rings (SSSR count). The van der Waals surface area contributed by atoms with Crippen LogP contribution in [0.3, 0.4) is 0 Å². The summed E-state index contributed by atoms with van der Waals surface area (Å²) in [5.41, 5.74) is 1.29. The van der Waals surface area contributed by atoms with Crippen LogP contribution < -0.4 is 4.90 Å². The Hall–Kier alpha value is -2.04. The lowest BCUT2D eigenvalue weighted by Gasteiger charge is -2.29. The molecule has 0 bridgehead atoms. The van der Waals surface area contributed by atoms with Crippen LogP contribution in [-0.4, -0.2) is 22.7 Å². The maximum Gasteiger partial charge on any atom is 0.252 e. The van der Waals surface area contributed by atoms with Crippen LogP contribution in [0.5, 0.6) is 0 Å². The number of nitriles is 1. The molecule has 0 saturated heterocycles. The minimum atomic E-state index is -1.29. The Kier molecular flexibility index (Phi) is 5.99. The van der Waals surface area contributed by atoms with Gasteiger partial charge < -0.3 is 9.88 Å². The second-order valence-corrected chi connectivity index (χ2v) is 9.48. The van der Waals surface area contributed by atoms with E-state index in [1.54, 1.807) is 6.07 Å². The van der Waals surface area contributed by atoms with Crippen LogP contribution in [0.1, 0.15) is 41.0 Å². The Morgan fingerprint density at radius 1 is 1.35 bits per heavy atom. The average molecular weight is 390 g/mol. The van der Waals surface area contributed by atoms with Gasteiger partial charge in [-0.2, -0.15) is 5.26 Å². The number of amides is 1. The number of hydrogen-bond donors (Lipinski definition) is 1. The molecule has 1 aromatic heterocycles. The number of hydrogen-bond acceptors (Lipinski definition) is 5. The number of nitrogens with one attached hydrogen (secondary N) is 1. The van der Waals surface area contributed by atoms with Crippen molar-refractivity contribution in [1.29, 1.82) is 5.26 Å². The van der Waals surface area contributed by atoms with Crippen molar-refractivity contribution in [3.8, 4) is 6.07 Å². The van der Waals surface area contributed by atoms with Crippen molar-refractivity contribution in [2.24, 2.45) is 11.3 Å². The Morgan fingerprint density at radius 2 is 2.00 bits per heavy atom. The van der Waals surface area contributed by atoms with Crippen molar-refractivity contribution >= 4 is 51.1 Å². The summed E-state index contributed by atoms with van der Waals surface area (Å²) >= 11 is 6.59. The second kappa shape index (κ2) is 7.68. The van der Waals surface area contributed by atoms with Crippen molar-refractivity contribution in [2.75, 3.05) is 4.90 Å². The zero-order valence-corrected chi connectivity index (χ0v) is 17.3. The van der Waals surface area contributed by atoms with E-state index in [1.165, 1.54) is 16.2 Å². The number of benzene rings is 1. The number of ketones is 1. The Morgan fingerprint density at radius 3 is 2.54 bits per heavy atom. The predicted molar refractivity (Wildman–Crippen MR) is 108 cm³/mol. The number of Topliss-reactive ketones (excluding diaryl/α,β-unsaturated/α-hetero) is 1. The third-order valence-electron chi connectivity index (χ3n) is 3.84. The zero-order chi connectivity index (χ0) is 19.6. The Bertz CT molecular complexity index is 929. The van der Waals surface area contributed by atoms with Gasteiger partial charge in [-0.1, -0.05) is 20.8 Å². The van der Waals surface area contributed by atoms with E-state index in [4.69, 9.17) is 12.2 Å². The topological polar surface area (TPSA) is 77.0 Å². The van der Waals surface area contributed by atoms with E-state index in [0.29, 0.717) is 9.64 Å². The molecule has 1 heterocycles. The maximum absolute atomic E-state index is 13.0. The van der Waals surface area contributed by atoms with E-state index in [-0.39, 0.29) is 23.7 Å².